The summed E-state index contributed by atoms with van der Waals surface area (Å²) in [6.45, 7) is 6.69. The van der Waals surface area contributed by atoms with Crippen molar-refractivity contribution in [2.75, 3.05) is 13.1 Å². The Hall–Kier alpha value is -2.30. The summed E-state index contributed by atoms with van der Waals surface area (Å²) in [5.74, 6) is 0.841. The average molecular weight is 325 g/mol. The van der Waals surface area contributed by atoms with E-state index in [1.807, 2.05) is 35.4 Å². The topological polar surface area (TPSA) is 47.2 Å². The first kappa shape index (κ1) is 15.2. The molecule has 0 saturated carbocycles. The molecular formula is C19H23N3O2. The highest BCUT2D eigenvalue weighted by molar-refractivity contribution is 5.76. The first-order chi connectivity index (χ1) is 11.5. The highest BCUT2D eigenvalue weighted by Gasteiger charge is 2.36. The van der Waals surface area contributed by atoms with Crippen molar-refractivity contribution in [2.45, 2.75) is 39.3 Å². The van der Waals surface area contributed by atoms with Gasteiger partial charge in [0, 0.05) is 48.7 Å². The van der Waals surface area contributed by atoms with Gasteiger partial charge in [0.15, 0.2) is 0 Å². The smallest absolute Gasteiger partial charge is 0.250 e. The van der Waals surface area contributed by atoms with Gasteiger partial charge < -0.3 is 14.0 Å². The molecule has 2 bridgehead atoms. The second-order valence-electron chi connectivity index (χ2n) is 7.20. The number of likely N-dealkylation sites (tertiary alicyclic amines) is 1. The molecule has 5 nitrogen and oxygen atoms in total. The van der Waals surface area contributed by atoms with Crippen LogP contribution in [0, 0.1) is 19.8 Å². The second kappa shape index (κ2) is 5.65. The van der Waals surface area contributed by atoms with Crippen molar-refractivity contribution in [1.82, 2.24) is 14.0 Å². The number of piperidine rings is 1. The summed E-state index contributed by atoms with van der Waals surface area (Å²) >= 11 is 0. The summed E-state index contributed by atoms with van der Waals surface area (Å²) in [7, 11) is 0. The van der Waals surface area contributed by atoms with Crippen molar-refractivity contribution in [3.8, 4) is 0 Å². The van der Waals surface area contributed by atoms with Crippen LogP contribution >= 0.6 is 0 Å². The monoisotopic (exact) mass is 325 g/mol. The summed E-state index contributed by atoms with van der Waals surface area (Å²) in [6.07, 6.45) is 1.08. The van der Waals surface area contributed by atoms with Crippen LogP contribution in [-0.2, 0) is 17.9 Å². The molecule has 2 aromatic rings. The van der Waals surface area contributed by atoms with Gasteiger partial charge in [-0.2, -0.15) is 0 Å². The molecule has 0 spiro atoms. The normalized spacial score (nSPS) is 22.3. The molecule has 2 aliphatic rings. The van der Waals surface area contributed by atoms with E-state index in [9.17, 15) is 9.59 Å². The minimum atomic E-state index is 0.0839. The number of nitrogens with zero attached hydrogens (tertiary/aromatic N) is 3. The summed E-state index contributed by atoms with van der Waals surface area (Å²) < 4.78 is 3.98. The van der Waals surface area contributed by atoms with Crippen LogP contribution < -0.4 is 5.56 Å². The maximum Gasteiger partial charge on any atom is 0.250 e. The van der Waals surface area contributed by atoms with Crippen LogP contribution in [0.25, 0.3) is 0 Å². The Labute approximate surface area is 141 Å². The van der Waals surface area contributed by atoms with Gasteiger partial charge in [0.2, 0.25) is 5.91 Å². The Morgan fingerprint density at radius 3 is 2.58 bits per heavy atom. The molecule has 24 heavy (non-hydrogen) atoms. The fourth-order valence-corrected chi connectivity index (χ4v) is 4.28. The number of hydrogen-bond donors (Lipinski definition) is 0. The van der Waals surface area contributed by atoms with Gasteiger partial charge in [0.05, 0.1) is 0 Å². The third kappa shape index (κ3) is 2.48. The van der Waals surface area contributed by atoms with E-state index in [0.717, 1.165) is 43.1 Å². The van der Waals surface area contributed by atoms with Crippen LogP contribution in [-0.4, -0.2) is 33.0 Å². The molecular weight excluding hydrogens is 302 g/mol. The lowest BCUT2D eigenvalue weighted by Gasteiger charge is -2.42. The number of pyridine rings is 1. The molecule has 5 heteroatoms. The molecule has 0 aromatic carbocycles. The fourth-order valence-electron chi connectivity index (χ4n) is 4.28. The van der Waals surface area contributed by atoms with Gasteiger partial charge in [-0.05, 0) is 44.4 Å². The van der Waals surface area contributed by atoms with Crippen molar-refractivity contribution in [3.63, 3.8) is 0 Å². The molecule has 126 valence electrons. The van der Waals surface area contributed by atoms with Gasteiger partial charge >= 0.3 is 0 Å². The van der Waals surface area contributed by atoms with Gasteiger partial charge in [0.1, 0.15) is 6.54 Å². The molecule has 1 saturated heterocycles. The minimum Gasteiger partial charge on any atom is -0.340 e. The lowest BCUT2D eigenvalue weighted by atomic mass is 9.83. The lowest BCUT2D eigenvalue weighted by Crippen LogP contribution is -2.49. The van der Waals surface area contributed by atoms with Gasteiger partial charge in [-0.15, -0.1) is 0 Å². The summed E-state index contributed by atoms with van der Waals surface area (Å²) in [6, 6.07) is 9.61. The van der Waals surface area contributed by atoms with E-state index in [4.69, 9.17) is 0 Å². The fraction of sp³-hybridized carbons (Fsp3) is 0.474. The molecule has 0 aliphatic carbocycles. The van der Waals surface area contributed by atoms with E-state index in [1.54, 1.807) is 6.07 Å². The molecule has 2 aliphatic heterocycles. The highest BCUT2D eigenvalue weighted by atomic mass is 16.2. The quantitative estimate of drug-likeness (QED) is 0.847. The molecule has 0 N–H and O–H groups in total. The van der Waals surface area contributed by atoms with E-state index in [-0.39, 0.29) is 17.4 Å². The predicted molar refractivity (Wildman–Crippen MR) is 92.0 cm³/mol. The van der Waals surface area contributed by atoms with Crippen molar-refractivity contribution < 1.29 is 4.79 Å². The third-order valence-electron chi connectivity index (χ3n) is 5.54. The number of carbonyl (C=O) groups excluding carboxylic acids is 1. The molecule has 0 radical (unpaired) electrons. The van der Waals surface area contributed by atoms with E-state index in [1.165, 1.54) is 0 Å². The van der Waals surface area contributed by atoms with Crippen molar-refractivity contribution in [1.29, 1.82) is 0 Å². The van der Waals surface area contributed by atoms with E-state index < -0.39 is 0 Å². The molecule has 1 amide bonds. The van der Waals surface area contributed by atoms with Crippen molar-refractivity contribution >= 4 is 5.91 Å². The number of amides is 1. The maximum absolute atomic E-state index is 12.8. The van der Waals surface area contributed by atoms with Crippen LogP contribution in [0.1, 0.15) is 29.4 Å². The summed E-state index contributed by atoms with van der Waals surface area (Å²) in [5.41, 5.74) is 3.41. The molecule has 1 fully saturated rings. The lowest BCUT2D eigenvalue weighted by molar-refractivity contribution is -0.134. The van der Waals surface area contributed by atoms with Crippen molar-refractivity contribution in [2.24, 2.45) is 5.92 Å². The summed E-state index contributed by atoms with van der Waals surface area (Å²) in [5, 5.41) is 0. The third-order valence-corrected chi connectivity index (χ3v) is 5.54. The first-order valence-corrected chi connectivity index (χ1v) is 8.63. The number of aromatic nitrogens is 2. The maximum atomic E-state index is 12.8. The molecule has 0 unspecified atom stereocenters. The highest BCUT2D eigenvalue weighted by Crippen LogP contribution is 2.35. The minimum absolute atomic E-state index is 0.0839. The van der Waals surface area contributed by atoms with E-state index in [2.05, 4.69) is 16.7 Å². The largest absolute Gasteiger partial charge is 0.340 e. The van der Waals surface area contributed by atoms with Crippen LogP contribution in [0.5, 0.6) is 0 Å². The number of aryl methyl sites for hydroxylation is 2. The average Bonchev–Trinajstić information content (AvgIpc) is 2.87. The van der Waals surface area contributed by atoms with Crippen LogP contribution in [0.15, 0.2) is 35.1 Å². The summed E-state index contributed by atoms with van der Waals surface area (Å²) in [4.78, 5) is 26.9. The number of fused-ring (bicyclic) bond motifs is 4. The van der Waals surface area contributed by atoms with Gasteiger partial charge in [0.25, 0.3) is 5.56 Å². The van der Waals surface area contributed by atoms with Gasteiger partial charge in [-0.1, -0.05) is 6.07 Å². The number of rotatable bonds is 2. The Morgan fingerprint density at radius 1 is 1.08 bits per heavy atom. The zero-order valence-electron chi connectivity index (χ0n) is 14.2. The number of hydrogen-bond acceptors (Lipinski definition) is 2. The Bertz CT molecular complexity index is 829. The van der Waals surface area contributed by atoms with Crippen molar-refractivity contribution in [3.05, 3.63) is 57.8 Å². The standard InChI is InChI=1S/C19H23N3O2/c1-13-6-7-14(2)21(13)12-19(24)20-9-15-8-16(11-20)17-4-3-5-18(23)22(17)10-15/h3-7,15-16H,8-12H2,1-2H3/t15-,16+/m0/s1. The van der Waals surface area contributed by atoms with Crippen LogP contribution in [0.4, 0.5) is 0 Å². The molecule has 4 heterocycles. The van der Waals surface area contributed by atoms with Crippen LogP contribution in [0.2, 0.25) is 0 Å². The number of carbonyl (C=O) groups is 1. The Kier molecular flexibility index (Phi) is 3.59. The van der Waals surface area contributed by atoms with E-state index in [0.29, 0.717) is 12.5 Å². The van der Waals surface area contributed by atoms with Gasteiger partial charge in [-0.3, -0.25) is 9.59 Å². The van der Waals surface area contributed by atoms with Gasteiger partial charge in [-0.25, -0.2) is 0 Å². The molecule has 2 atom stereocenters. The zero-order chi connectivity index (χ0) is 16.8. The van der Waals surface area contributed by atoms with Crippen LogP contribution in [0.3, 0.4) is 0 Å². The second-order valence-corrected chi connectivity index (χ2v) is 7.20. The Morgan fingerprint density at radius 2 is 1.83 bits per heavy atom. The zero-order valence-corrected chi connectivity index (χ0v) is 14.2. The SMILES string of the molecule is Cc1ccc(C)n1CC(=O)N1C[C@@H]2C[C@H](C1)c1cccc(=O)n1C2. The first-order valence-electron chi connectivity index (χ1n) is 8.63. The Balaban J connectivity index is 1.56. The predicted octanol–water partition coefficient (Wildman–Crippen LogP) is 1.91. The van der Waals surface area contributed by atoms with E-state index >= 15 is 0 Å². The molecule has 4 rings (SSSR count). The molecule has 2 aromatic heterocycles.